The van der Waals surface area contributed by atoms with Crippen LogP contribution in [0.15, 0.2) is 22.8 Å². The summed E-state index contributed by atoms with van der Waals surface area (Å²) in [5.74, 6) is 0.781. The molecule has 0 saturated heterocycles. The van der Waals surface area contributed by atoms with Gasteiger partial charge in [-0.05, 0) is 53.4 Å². The quantitative estimate of drug-likeness (QED) is 0.752. The maximum atomic E-state index is 4.52. The molecule has 102 valence electrons. The molecule has 0 aliphatic rings. The number of hydrogen-bond acceptors (Lipinski definition) is 2. The monoisotopic (exact) mass is 312 g/mol. The van der Waals surface area contributed by atoms with Crippen molar-refractivity contribution >= 4 is 15.9 Å². The lowest BCUT2D eigenvalue weighted by atomic mass is 10.0. The number of nitrogens with zero attached hydrogens (tertiary/aromatic N) is 1. The lowest BCUT2D eigenvalue weighted by Crippen LogP contribution is -2.23. The van der Waals surface area contributed by atoms with Gasteiger partial charge in [-0.25, -0.2) is 0 Å². The maximum absolute atomic E-state index is 4.52. The molecule has 0 fully saturated rings. The molecule has 1 aromatic rings. The zero-order valence-electron chi connectivity index (χ0n) is 11.7. The summed E-state index contributed by atoms with van der Waals surface area (Å²) in [5, 5.41) is 3.61. The van der Waals surface area contributed by atoms with E-state index in [9.17, 15) is 0 Å². The smallest absolute Gasteiger partial charge is 0.0714 e. The fraction of sp³-hybridized carbons (Fsp3) is 0.667. The Morgan fingerprint density at radius 3 is 2.72 bits per heavy atom. The first-order chi connectivity index (χ1) is 8.65. The molecule has 1 aromatic heterocycles. The zero-order valence-corrected chi connectivity index (χ0v) is 13.3. The first kappa shape index (κ1) is 15.6. The van der Waals surface area contributed by atoms with Gasteiger partial charge in [0.15, 0.2) is 0 Å². The molecule has 0 aliphatic carbocycles. The highest BCUT2D eigenvalue weighted by atomic mass is 79.9. The second-order valence-corrected chi connectivity index (χ2v) is 6.06. The zero-order chi connectivity index (χ0) is 13.4. The molecule has 1 heterocycles. The molecule has 0 saturated carbocycles. The van der Waals surface area contributed by atoms with Crippen molar-refractivity contribution in [2.45, 2.75) is 52.5 Å². The van der Waals surface area contributed by atoms with Crippen molar-refractivity contribution in [2.24, 2.45) is 5.92 Å². The van der Waals surface area contributed by atoms with Crippen LogP contribution in [0.25, 0.3) is 0 Å². The maximum Gasteiger partial charge on any atom is 0.0714 e. The summed E-state index contributed by atoms with van der Waals surface area (Å²) >= 11 is 3.61. The number of aromatic nitrogens is 1. The molecule has 0 amide bonds. The lowest BCUT2D eigenvalue weighted by molar-refractivity contribution is 0.440. The molecule has 1 rings (SSSR count). The van der Waals surface area contributed by atoms with Crippen LogP contribution >= 0.6 is 15.9 Å². The van der Waals surface area contributed by atoms with Gasteiger partial charge in [-0.15, -0.1) is 0 Å². The van der Waals surface area contributed by atoms with E-state index >= 15 is 0 Å². The van der Waals surface area contributed by atoms with Gasteiger partial charge >= 0.3 is 0 Å². The van der Waals surface area contributed by atoms with Gasteiger partial charge in [-0.1, -0.05) is 33.6 Å². The number of pyridine rings is 1. The molecule has 2 nitrogen and oxygen atoms in total. The fourth-order valence-electron chi connectivity index (χ4n) is 2.04. The largest absolute Gasteiger partial charge is 0.309 e. The molecular weight excluding hydrogens is 288 g/mol. The molecule has 0 aliphatic heterocycles. The first-order valence-corrected chi connectivity index (χ1v) is 7.78. The van der Waals surface area contributed by atoms with Crippen LogP contribution in [0.2, 0.25) is 0 Å². The van der Waals surface area contributed by atoms with E-state index in [2.05, 4.69) is 53.1 Å². The van der Waals surface area contributed by atoms with Gasteiger partial charge in [-0.3, -0.25) is 4.98 Å². The van der Waals surface area contributed by atoms with Crippen molar-refractivity contribution in [2.75, 3.05) is 6.54 Å². The summed E-state index contributed by atoms with van der Waals surface area (Å²) in [5.41, 5.74) is 1.15. The molecule has 0 bridgehead atoms. The molecule has 0 radical (unpaired) electrons. The van der Waals surface area contributed by atoms with Crippen LogP contribution in [-0.2, 0) is 0 Å². The van der Waals surface area contributed by atoms with Crippen LogP contribution in [0.3, 0.4) is 0 Å². The second-order valence-electron chi connectivity index (χ2n) is 5.20. The first-order valence-electron chi connectivity index (χ1n) is 6.99. The topological polar surface area (TPSA) is 24.9 Å². The minimum absolute atomic E-state index is 0.374. The van der Waals surface area contributed by atoms with E-state index in [-0.39, 0.29) is 0 Å². The summed E-state index contributed by atoms with van der Waals surface area (Å²) in [6.07, 6.45) is 6.74. The fourth-order valence-corrected chi connectivity index (χ4v) is 2.57. The van der Waals surface area contributed by atoms with E-state index in [0.29, 0.717) is 6.04 Å². The van der Waals surface area contributed by atoms with Gasteiger partial charge in [-0.2, -0.15) is 0 Å². The normalized spacial score (nSPS) is 12.9. The Labute approximate surface area is 120 Å². The SMILES string of the molecule is CCCNC(CCCC(C)C)c1ncccc1Br. The van der Waals surface area contributed by atoms with Crippen molar-refractivity contribution in [3.05, 3.63) is 28.5 Å². The van der Waals surface area contributed by atoms with Crippen molar-refractivity contribution in [3.8, 4) is 0 Å². The van der Waals surface area contributed by atoms with Gasteiger partial charge < -0.3 is 5.32 Å². The van der Waals surface area contributed by atoms with Crippen LogP contribution in [0.4, 0.5) is 0 Å². The highest BCUT2D eigenvalue weighted by molar-refractivity contribution is 9.10. The summed E-state index contributed by atoms with van der Waals surface area (Å²) in [6, 6.07) is 4.42. The third-order valence-corrected chi connectivity index (χ3v) is 3.70. The Morgan fingerprint density at radius 1 is 1.33 bits per heavy atom. The van der Waals surface area contributed by atoms with Crippen LogP contribution in [-0.4, -0.2) is 11.5 Å². The minimum Gasteiger partial charge on any atom is -0.309 e. The number of halogens is 1. The summed E-state index contributed by atoms with van der Waals surface area (Å²) in [7, 11) is 0. The predicted octanol–water partition coefficient (Wildman–Crippen LogP) is 4.71. The molecule has 3 heteroatoms. The van der Waals surface area contributed by atoms with Gasteiger partial charge in [0.1, 0.15) is 0 Å². The second kappa shape index (κ2) is 8.65. The third kappa shape index (κ3) is 5.49. The average Bonchev–Trinajstić information content (AvgIpc) is 2.34. The van der Waals surface area contributed by atoms with Gasteiger partial charge in [0.05, 0.1) is 11.7 Å². The van der Waals surface area contributed by atoms with Crippen molar-refractivity contribution in [3.63, 3.8) is 0 Å². The van der Waals surface area contributed by atoms with E-state index < -0.39 is 0 Å². The van der Waals surface area contributed by atoms with E-state index in [0.717, 1.165) is 35.5 Å². The van der Waals surface area contributed by atoms with Crippen molar-refractivity contribution in [1.82, 2.24) is 10.3 Å². The van der Waals surface area contributed by atoms with Gasteiger partial charge in [0, 0.05) is 10.7 Å². The van der Waals surface area contributed by atoms with E-state index in [1.165, 1.54) is 12.8 Å². The Hall–Kier alpha value is -0.410. The Balaban J connectivity index is 2.62. The Bertz CT molecular complexity index is 339. The van der Waals surface area contributed by atoms with Crippen LogP contribution in [0, 0.1) is 5.92 Å². The van der Waals surface area contributed by atoms with E-state index in [4.69, 9.17) is 0 Å². The van der Waals surface area contributed by atoms with Crippen LogP contribution in [0.1, 0.15) is 58.2 Å². The summed E-state index contributed by atoms with van der Waals surface area (Å²) in [4.78, 5) is 4.52. The van der Waals surface area contributed by atoms with Crippen LogP contribution in [0.5, 0.6) is 0 Å². The van der Waals surface area contributed by atoms with Crippen molar-refractivity contribution in [1.29, 1.82) is 0 Å². The van der Waals surface area contributed by atoms with Crippen molar-refractivity contribution < 1.29 is 0 Å². The molecule has 1 unspecified atom stereocenters. The summed E-state index contributed by atoms with van der Waals surface area (Å²) < 4.78 is 1.11. The highest BCUT2D eigenvalue weighted by Gasteiger charge is 2.14. The molecule has 1 N–H and O–H groups in total. The molecular formula is C15H25BrN2. The number of nitrogens with one attached hydrogen (secondary N) is 1. The van der Waals surface area contributed by atoms with Gasteiger partial charge in [0.25, 0.3) is 0 Å². The standard InChI is InChI=1S/C15H25BrN2/c1-4-10-17-14(9-5-7-12(2)3)15-13(16)8-6-11-18-15/h6,8,11-12,14,17H,4-5,7,9-10H2,1-3H3. The highest BCUT2D eigenvalue weighted by Crippen LogP contribution is 2.25. The average molecular weight is 313 g/mol. The molecule has 0 spiro atoms. The molecule has 1 atom stereocenters. The van der Waals surface area contributed by atoms with E-state index in [1.807, 2.05) is 12.3 Å². The number of hydrogen-bond donors (Lipinski definition) is 1. The van der Waals surface area contributed by atoms with Crippen LogP contribution < -0.4 is 5.32 Å². The molecule has 0 aromatic carbocycles. The van der Waals surface area contributed by atoms with E-state index in [1.54, 1.807) is 0 Å². The number of rotatable bonds is 8. The third-order valence-electron chi connectivity index (χ3n) is 3.03. The Kier molecular flexibility index (Phi) is 7.52. The minimum atomic E-state index is 0.374. The predicted molar refractivity (Wildman–Crippen MR) is 81.7 cm³/mol. The van der Waals surface area contributed by atoms with Gasteiger partial charge in [0.2, 0.25) is 0 Å². The summed E-state index contributed by atoms with van der Waals surface area (Å²) in [6.45, 7) is 7.82. The lowest BCUT2D eigenvalue weighted by Gasteiger charge is -2.19. The molecule has 18 heavy (non-hydrogen) atoms. The Morgan fingerprint density at radius 2 is 2.11 bits per heavy atom.